The quantitative estimate of drug-likeness (QED) is 0.802. The molecule has 1 N–H and O–H groups in total. The number of nitrogens with zero attached hydrogens (tertiary/aromatic N) is 2. The number of hydrogen-bond donors (Lipinski definition) is 1. The van der Waals surface area contributed by atoms with Gasteiger partial charge in [-0.1, -0.05) is 6.92 Å². The SMILES string of the molecule is CCC(C)N1CCCN(C)C(CCC(=O)O)C1=O. The van der Waals surface area contributed by atoms with Crippen LogP contribution in [-0.2, 0) is 9.59 Å². The summed E-state index contributed by atoms with van der Waals surface area (Å²) in [6, 6.07) is -0.0473. The molecule has 5 heteroatoms. The maximum atomic E-state index is 12.5. The second-order valence-electron chi connectivity index (χ2n) is 5.07. The van der Waals surface area contributed by atoms with Gasteiger partial charge >= 0.3 is 5.97 Å². The van der Waals surface area contributed by atoms with Gasteiger partial charge in [-0.25, -0.2) is 0 Å². The Kier molecular flexibility index (Phi) is 5.59. The summed E-state index contributed by atoms with van der Waals surface area (Å²) in [4.78, 5) is 27.0. The molecule has 1 amide bonds. The number of carbonyl (C=O) groups excluding carboxylic acids is 1. The minimum Gasteiger partial charge on any atom is -0.481 e. The van der Waals surface area contributed by atoms with E-state index in [0.29, 0.717) is 6.42 Å². The second kappa shape index (κ2) is 6.73. The van der Waals surface area contributed by atoms with Crippen molar-refractivity contribution in [2.24, 2.45) is 0 Å². The zero-order valence-electron chi connectivity index (χ0n) is 11.6. The minimum atomic E-state index is -0.837. The van der Waals surface area contributed by atoms with Crippen LogP contribution >= 0.6 is 0 Å². The van der Waals surface area contributed by atoms with Crippen LogP contribution in [0.3, 0.4) is 0 Å². The van der Waals surface area contributed by atoms with E-state index in [0.717, 1.165) is 25.9 Å². The molecular formula is C13H24N2O3. The average Bonchev–Trinajstić information content (AvgIpc) is 2.45. The van der Waals surface area contributed by atoms with E-state index in [1.807, 2.05) is 16.8 Å². The minimum absolute atomic E-state index is 0.0507. The largest absolute Gasteiger partial charge is 0.481 e. The van der Waals surface area contributed by atoms with Crippen molar-refractivity contribution < 1.29 is 14.7 Å². The van der Waals surface area contributed by atoms with E-state index in [2.05, 4.69) is 13.8 Å². The van der Waals surface area contributed by atoms with Gasteiger partial charge in [-0.05, 0) is 33.2 Å². The van der Waals surface area contributed by atoms with Crippen molar-refractivity contribution in [3.05, 3.63) is 0 Å². The van der Waals surface area contributed by atoms with Crippen molar-refractivity contribution >= 4 is 11.9 Å². The first-order chi connectivity index (χ1) is 8.47. The van der Waals surface area contributed by atoms with Crippen molar-refractivity contribution in [3.63, 3.8) is 0 Å². The monoisotopic (exact) mass is 256 g/mol. The first-order valence-corrected chi connectivity index (χ1v) is 6.69. The summed E-state index contributed by atoms with van der Waals surface area (Å²) in [6.07, 6.45) is 2.34. The number of rotatable bonds is 5. The molecule has 0 aliphatic carbocycles. The lowest BCUT2D eigenvalue weighted by atomic mass is 10.1. The third-order valence-electron chi connectivity index (χ3n) is 3.76. The Balaban J connectivity index is 2.76. The van der Waals surface area contributed by atoms with Crippen LogP contribution in [0.15, 0.2) is 0 Å². The van der Waals surface area contributed by atoms with Crippen LogP contribution in [0.4, 0.5) is 0 Å². The van der Waals surface area contributed by atoms with Crippen molar-refractivity contribution in [3.8, 4) is 0 Å². The van der Waals surface area contributed by atoms with Crippen molar-refractivity contribution in [1.82, 2.24) is 9.80 Å². The zero-order valence-corrected chi connectivity index (χ0v) is 11.6. The van der Waals surface area contributed by atoms with Crippen molar-refractivity contribution in [2.75, 3.05) is 20.1 Å². The van der Waals surface area contributed by atoms with E-state index in [1.165, 1.54) is 0 Å². The molecule has 0 aromatic carbocycles. The van der Waals surface area contributed by atoms with E-state index in [1.54, 1.807) is 0 Å². The molecule has 18 heavy (non-hydrogen) atoms. The summed E-state index contributed by atoms with van der Waals surface area (Å²) in [7, 11) is 1.91. The first kappa shape index (κ1) is 15.0. The summed E-state index contributed by atoms with van der Waals surface area (Å²) in [5, 5.41) is 8.76. The summed E-state index contributed by atoms with van der Waals surface area (Å²) < 4.78 is 0. The molecule has 1 aliphatic heterocycles. The molecule has 1 heterocycles. The number of hydrogen-bond acceptors (Lipinski definition) is 3. The van der Waals surface area contributed by atoms with Gasteiger partial charge in [0.05, 0.1) is 6.04 Å². The lowest BCUT2D eigenvalue weighted by Crippen LogP contribution is -2.47. The molecule has 5 nitrogen and oxygen atoms in total. The average molecular weight is 256 g/mol. The lowest BCUT2D eigenvalue weighted by molar-refractivity contribution is -0.139. The molecular weight excluding hydrogens is 232 g/mol. The fraction of sp³-hybridized carbons (Fsp3) is 0.846. The summed E-state index contributed by atoms with van der Waals surface area (Å²) in [5.74, 6) is -0.749. The Labute approximate surface area is 109 Å². The van der Waals surface area contributed by atoms with Gasteiger partial charge in [0, 0.05) is 25.6 Å². The molecule has 104 valence electrons. The Hall–Kier alpha value is -1.10. The molecule has 0 aromatic heterocycles. The van der Waals surface area contributed by atoms with Gasteiger partial charge < -0.3 is 10.0 Å². The third-order valence-corrected chi connectivity index (χ3v) is 3.76. The van der Waals surface area contributed by atoms with Crippen LogP contribution < -0.4 is 0 Å². The number of likely N-dealkylation sites (N-methyl/N-ethyl adjacent to an activating group) is 1. The molecule has 2 atom stereocenters. The molecule has 2 unspecified atom stereocenters. The normalized spacial score (nSPS) is 23.8. The highest BCUT2D eigenvalue weighted by Gasteiger charge is 2.32. The third kappa shape index (κ3) is 3.70. The fourth-order valence-electron chi connectivity index (χ4n) is 2.40. The van der Waals surface area contributed by atoms with Gasteiger partial charge in [0.1, 0.15) is 0 Å². The Morgan fingerprint density at radius 1 is 1.50 bits per heavy atom. The van der Waals surface area contributed by atoms with E-state index in [4.69, 9.17) is 5.11 Å². The smallest absolute Gasteiger partial charge is 0.303 e. The number of carboxylic acid groups (broad SMARTS) is 1. The number of amides is 1. The number of carboxylic acids is 1. The molecule has 1 saturated heterocycles. The van der Waals surface area contributed by atoms with E-state index in [9.17, 15) is 9.59 Å². The van der Waals surface area contributed by atoms with Crippen LogP contribution in [-0.4, -0.2) is 59.0 Å². The highest BCUT2D eigenvalue weighted by atomic mass is 16.4. The van der Waals surface area contributed by atoms with Crippen LogP contribution in [0.25, 0.3) is 0 Å². The first-order valence-electron chi connectivity index (χ1n) is 6.69. The summed E-state index contributed by atoms with van der Waals surface area (Å²) in [5.41, 5.74) is 0. The molecule has 0 bridgehead atoms. The Morgan fingerprint density at radius 2 is 2.17 bits per heavy atom. The highest BCUT2D eigenvalue weighted by molar-refractivity contribution is 5.83. The van der Waals surface area contributed by atoms with Gasteiger partial charge in [-0.3, -0.25) is 14.5 Å². The van der Waals surface area contributed by atoms with Gasteiger partial charge in [-0.2, -0.15) is 0 Å². The molecule has 0 spiro atoms. The maximum absolute atomic E-state index is 12.5. The van der Waals surface area contributed by atoms with Crippen molar-refractivity contribution in [2.45, 2.75) is 51.6 Å². The van der Waals surface area contributed by atoms with Crippen LogP contribution in [0.1, 0.15) is 39.5 Å². The predicted octanol–water partition coefficient (Wildman–Crippen LogP) is 1.18. The molecule has 1 aliphatic rings. The molecule has 1 rings (SSSR count). The van der Waals surface area contributed by atoms with Gasteiger partial charge in [0.15, 0.2) is 0 Å². The topological polar surface area (TPSA) is 60.9 Å². The standard InChI is InChI=1S/C13H24N2O3/c1-4-10(2)15-9-5-8-14(3)11(13(15)18)6-7-12(16)17/h10-11H,4-9H2,1-3H3,(H,16,17). The van der Waals surface area contributed by atoms with Crippen LogP contribution in [0, 0.1) is 0 Å². The van der Waals surface area contributed by atoms with E-state index < -0.39 is 5.97 Å². The second-order valence-corrected chi connectivity index (χ2v) is 5.07. The maximum Gasteiger partial charge on any atom is 0.303 e. The van der Waals surface area contributed by atoms with E-state index >= 15 is 0 Å². The Morgan fingerprint density at radius 3 is 2.72 bits per heavy atom. The van der Waals surface area contributed by atoms with Gasteiger partial charge in [-0.15, -0.1) is 0 Å². The predicted molar refractivity (Wildman–Crippen MR) is 69.4 cm³/mol. The molecule has 0 radical (unpaired) electrons. The fourth-order valence-corrected chi connectivity index (χ4v) is 2.40. The zero-order chi connectivity index (χ0) is 13.7. The van der Waals surface area contributed by atoms with Gasteiger partial charge in [0.25, 0.3) is 0 Å². The summed E-state index contributed by atoms with van der Waals surface area (Å²) in [6.45, 7) is 5.75. The molecule has 0 aromatic rings. The summed E-state index contributed by atoms with van der Waals surface area (Å²) >= 11 is 0. The van der Waals surface area contributed by atoms with Gasteiger partial charge in [0.2, 0.25) is 5.91 Å². The number of carbonyl (C=O) groups is 2. The van der Waals surface area contributed by atoms with Crippen LogP contribution in [0.5, 0.6) is 0 Å². The Bertz CT molecular complexity index is 307. The van der Waals surface area contributed by atoms with E-state index in [-0.39, 0.29) is 24.4 Å². The van der Waals surface area contributed by atoms with Crippen LogP contribution in [0.2, 0.25) is 0 Å². The highest BCUT2D eigenvalue weighted by Crippen LogP contribution is 2.17. The molecule has 0 saturated carbocycles. The van der Waals surface area contributed by atoms with Crippen molar-refractivity contribution in [1.29, 1.82) is 0 Å². The lowest BCUT2D eigenvalue weighted by Gasteiger charge is -2.31. The molecule has 1 fully saturated rings. The number of aliphatic carboxylic acids is 1.